The second-order valence-electron chi connectivity index (χ2n) is 8.50. The molecule has 4 aliphatic carbocycles. The van der Waals surface area contributed by atoms with Gasteiger partial charge < -0.3 is 4.74 Å². The van der Waals surface area contributed by atoms with E-state index in [9.17, 15) is 13.2 Å². The Labute approximate surface area is 149 Å². The van der Waals surface area contributed by atoms with Crippen LogP contribution in [0, 0.1) is 36.0 Å². The molecule has 2 unspecified atom stereocenters. The summed E-state index contributed by atoms with van der Waals surface area (Å²) in [4.78, 5) is 12.8. The number of rotatable bonds is 4. The molecule has 0 amide bonds. The SMILES string of the molecule is COC(=O)C12CC3CC(C1)C(CS(=O)(=O)c1ccc(C)cc1)C(C3)C2. The van der Waals surface area contributed by atoms with Gasteiger partial charge in [0.15, 0.2) is 9.84 Å². The Morgan fingerprint density at radius 1 is 1.12 bits per heavy atom. The van der Waals surface area contributed by atoms with Crippen molar-refractivity contribution in [2.45, 2.75) is 43.9 Å². The van der Waals surface area contributed by atoms with Crippen LogP contribution in [0.25, 0.3) is 0 Å². The van der Waals surface area contributed by atoms with E-state index in [0.717, 1.165) is 37.7 Å². The van der Waals surface area contributed by atoms with Crippen molar-refractivity contribution in [3.63, 3.8) is 0 Å². The van der Waals surface area contributed by atoms with Crippen LogP contribution >= 0.6 is 0 Å². The molecule has 4 nitrogen and oxygen atoms in total. The zero-order valence-electron chi connectivity index (χ0n) is 14.9. The van der Waals surface area contributed by atoms with E-state index in [1.165, 1.54) is 7.11 Å². The van der Waals surface area contributed by atoms with Crippen molar-refractivity contribution < 1.29 is 17.9 Å². The third-order valence-electron chi connectivity index (χ3n) is 6.88. The molecule has 4 bridgehead atoms. The van der Waals surface area contributed by atoms with Crippen molar-refractivity contribution >= 4 is 15.8 Å². The number of carbonyl (C=O) groups excluding carboxylic acids is 1. The Balaban J connectivity index is 1.57. The summed E-state index contributed by atoms with van der Waals surface area (Å²) in [5.74, 6) is 1.56. The van der Waals surface area contributed by atoms with E-state index in [2.05, 4.69) is 0 Å². The second kappa shape index (κ2) is 5.83. The van der Waals surface area contributed by atoms with Crippen LogP contribution in [-0.2, 0) is 19.4 Å². The lowest BCUT2D eigenvalue weighted by Crippen LogP contribution is -2.55. The van der Waals surface area contributed by atoms with Crippen LogP contribution in [0.4, 0.5) is 0 Å². The highest BCUT2D eigenvalue weighted by molar-refractivity contribution is 7.91. The first-order chi connectivity index (χ1) is 11.8. The minimum absolute atomic E-state index is 0.0771. The molecule has 4 saturated carbocycles. The number of aryl methyl sites for hydroxylation is 1. The summed E-state index contributed by atoms with van der Waals surface area (Å²) in [6, 6.07) is 7.15. The Morgan fingerprint density at radius 2 is 1.72 bits per heavy atom. The van der Waals surface area contributed by atoms with Gasteiger partial charge >= 0.3 is 5.97 Å². The van der Waals surface area contributed by atoms with E-state index in [1.807, 2.05) is 19.1 Å². The first kappa shape index (κ1) is 17.1. The summed E-state index contributed by atoms with van der Waals surface area (Å²) >= 11 is 0. The third-order valence-corrected chi connectivity index (χ3v) is 8.69. The number of benzene rings is 1. The van der Waals surface area contributed by atoms with Gasteiger partial charge in [-0.3, -0.25) is 4.79 Å². The molecule has 0 saturated heterocycles. The van der Waals surface area contributed by atoms with Crippen LogP contribution in [0.3, 0.4) is 0 Å². The lowest BCUT2D eigenvalue weighted by Gasteiger charge is -2.58. The molecular formula is C20H26O4S. The van der Waals surface area contributed by atoms with Crippen LogP contribution < -0.4 is 0 Å². The Hall–Kier alpha value is -1.36. The smallest absolute Gasteiger partial charge is 0.311 e. The quantitative estimate of drug-likeness (QED) is 0.771. The lowest BCUT2D eigenvalue weighted by atomic mass is 9.46. The number of sulfone groups is 1. The van der Waals surface area contributed by atoms with Gasteiger partial charge in [-0.25, -0.2) is 8.42 Å². The maximum absolute atomic E-state index is 12.9. The highest BCUT2D eigenvalue weighted by Gasteiger charge is 2.59. The van der Waals surface area contributed by atoms with Gasteiger partial charge in [0, 0.05) is 0 Å². The minimum atomic E-state index is -3.28. The molecule has 2 atom stereocenters. The van der Waals surface area contributed by atoms with Gasteiger partial charge in [-0.1, -0.05) is 17.7 Å². The van der Waals surface area contributed by atoms with Gasteiger partial charge in [0.2, 0.25) is 0 Å². The Morgan fingerprint density at radius 3 is 2.28 bits per heavy atom. The van der Waals surface area contributed by atoms with Gasteiger partial charge in [-0.05, 0) is 74.8 Å². The molecule has 5 heteroatoms. The van der Waals surface area contributed by atoms with E-state index in [-0.39, 0.29) is 23.1 Å². The normalized spacial score (nSPS) is 36.4. The standard InChI is InChI=1S/C20H26O4S/c1-13-3-5-17(6-4-13)25(22,23)12-18-15-7-14-8-16(18)11-20(9-14,10-15)19(21)24-2/h3-6,14-16,18H,7-12H2,1-2H3. The van der Waals surface area contributed by atoms with Gasteiger partial charge in [-0.2, -0.15) is 0 Å². The van der Waals surface area contributed by atoms with Gasteiger partial charge in [-0.15, -0.1) is 0 Å². The summed E-state index contributed by atoms with van der Waals surface area (Å²) in [5.41, 5.74) is 0.726. The number of hydrogen-bond donors (Lipinski definition) is 0. The summed E-state index contributed by atoms with van der Waals surface area (Å²) in [6.45, 7) is 1.96. The Kier molecular flexibility index (Phi) is 3.98. The summed E-state index contributed by atoms with van der Waals surface area (Å²) in [7, 11) is -1.81. The van der Waals surface area contributed by atoms with Gasteiger partial charge in [0.25, 0.3) is 0 Å². The zero-order valence-corrected chi connectivity index (χ0v) is 15.7. The van der Waals surface area contributed by atoms with Crippen LogP contribution in [0.2, 0.25) is 0 Å². The molecule has 4 fully saturated rings. The zero-order chi connectivity index (χ0) is 17.8. The first-order valence-corrected chi connectivity index (χ1v) is 10.9. The molecule has 0 radical (unpaired) electrons. The predicted octanol–water partition coefficient (Wildman–Crippen LogP) is 3.38. The van der Waals surface area contributed by atoms with Gasteiger partial charge in [0.1, 0.15) is 0 Å². The maximum Gasteiger partial charge on any atom is 0.311 e. The fourth-order valence-corrected chi connectivity index (χ4v) is 7.76. The van der Waals surface area contributed by atoms with Crippen molar-refractivity contribution in [2.75, 3.05) is 12.9 Å². The molecule has 0 spiro atoms. The molecule has 0 aliphatic heterocycles. The van der Waals surface area contributed by atoms with Crippen LogP contribution in [0.1, 0.15) is 37.7 Å². The van der Waals surface area contributed by atoms with Crippen molar-refractivity contribution in [3.8, 4) is 0 Å². The van der Waals surface area contributed by atoms with Crippen molar-refractivity contribution in [3.05, 3.63) is 29.8 Å². The fourth-order valence-electron chi connectivity index (χ4n) is 5.96. The summed E-state index contributed by atoms with van der Waals surface area (Å²) in [6.07, 6.45) is 4.69. The minimum Gasteiger partial charge on any atom is -0.469 e. The van der Waals surface area contributed by atoms with E-state index in [1.54, 1.807) is 12.1 Å². The molecule has 0 heterocycles. The van der Waals surface area contributed by atoms with E-state index in [0.29, 0.717) is 22.6 Å². The molecule has 1 aromatic carbocycles. The molecule has 25 heavy (non-hydrogen) atoms. The molecule has 0 N–H and O–H groups in total. The number of hydrogen-bond acceptors (Lipinski definition) is 4. The second-order valence-corrected chi connectivity index (χ2v) is 10.5. The molecule has 136 valence electrons. The van der Waals surface area contributed by atoms with E-state index >= 15 is 0 Å². The molecule has 1 aromatic rings. The number of esters is 1. The number of methoxy groups -OCH3 is 1. The maximum atomic E-state index is 12.9. The Bertz CT molecular complexity index is 764. The highest BCUT2D eigenvalue weighted by Crippen LogP contribution is 2.62. The highest BCUT2D eigenvalue weighted by atomic mass is 32.2. The lowest BCUT2D eigenvalue weighted by molar-refractivity contribution is -0.173. The summed E-state index contributed by atoms with van der Waals surface area (Å²) in [5, 5.41) is 0. The first-order valence-electron chi connectivity index (χ1n) is 9.21. The predicted molar refractivity (Wildman–Crippen MR) is 94.7 cm³/mol. The molecular weight excluding hydrogens is 336 g/mol. The molecule has 0 aromatic heterocycles. The summed E-state index contributed by atoms with van der Waals surface area (Å²) < 4.78 is 30.9. The average Bonchev–Trinajstić information content (AvgIpc) is 2.57. The average molecular weight is 362 g/mol. The molecule has 4 aliphatic rings. The molecule has 5 rings (SSSR count). The van der Waals surface area contributed by atoms with Crippen LogP contribution in [0.15, 0.2) is 29.2 Å². The number of ether oxygens (including phenoxy) is 1. The fraction of sp³-hybridized carbons (Fsp3) is 0.650. The largest absolute Gasteiger partial charge is 0.469 e. The van der Waals surface area contributed by atoms with E-state index in [4.69, 9.17) is 4.74 Å². The van der Waals surface area contributed by atoms with Crippen molar-refractivity contribution in [1.29, 1.82) is 0 Å². The van der Waals surface area contributed by atoms with Crippen molar-refractivity contribution in [1.82, 2.24) is 0 Å². The van der Waals surface area contributed by atoms with Crippen molar-refractivity contribution in [2.24, 2.45) is 29.1 Å². The monoisotopic (exact) mass is 362 g/mol. The topological polar surface area (TPSA) is 60.4 Å². The van der Waals surface area contributed by atoms with Crippen LogP contribution in [0.5, 0.6) is 0 Å². The van der Waals surface area contributed by atoms with E-state index < -0.39 is 9.84 Å². The third kappa shape index (κ3) is 2.80. The number of carbonyl (C=O) groups is 1. The van der Waals surface area contributed by atoms with Crippen LogP contribution in [-0.4, -0.2) is 27.2 Å². The van der Waals surface area contributed by atoms with Gasteiger partial charge in [0.05, 0.1) is 23.2 Å².